The summed E-state index contributed by atoms with van der Waals surface area (Å²) in [5.74, 6) is -0.893. The fraction of sp³-hybridized carbons (Fsp3) is 0.370. The number of aromatic nitrogens is 1. The summed E-state index contributed by atoms with van der Waals surface area (Å²) in [6.07, 6.45) is -3.34. The molecule has 2 unspecified atom stereocenters. The Morgan fingerprint density at radius 2 is 1.83 bits per heavy atom. The molecule has 4 rings (SSSR count). The number of carboxylic acid groups (broad SMARTS) is 1. The molecule has 11 nitrogen and oxygen atoms in total. The summed E-state index contributed by atoms with van der Waals surface area (Å²) in [5, 5.41) is 31.7. The number of carboxylic acids is 1. The molecular formula is C27H31F3N6O5S. The van der Waals surface area contributed by atoms with Crippen molar-refractivity contribution in [1.82, 2.24) is 19.1 Å². The molecule has 3 aromatic rings. The molecule has 226 valence electrons. The van der Waals surface area contributed by atoms with Crippen LogP contribution in [0.3, 0.4) is 0 Å². The molecule has 42 heavy (non-hydrogen) atoms. The van der Waals surface area contributed by atoms with Crippen molar-refractivity contribution in [3.8, 4) is 0 Å². The van der Waals surface area contributed by atoms with Crippen molar-refractivity contribution in [1.29, 1.82) is 5.41 Å². The van der Waals surface area contributed by atoms with Gasteiger partial charge in [0, 0.05) is 50.0 Å². The van der Waals surface area contributed by atoms with Gasteiger partial charge in [-0.2, -0.15) is 13.2 Å². The van der Waals surface area contributed by atoms with Crippen LogP contribution in [0, 0.1) is 5.41 Å². The Hall–Kier alpha value is -3.79. The standard InChI is InChI=1S/C27H31F3N6O5S/c1-17(32-14-25(37)35-10-9-24(31)33-16-35)11-19-5-8-22-20(12-19)13-23(26(38)39)36(22)15-18-3-6-21(7-4-18)42(40,41)34(2)27(28,29)30/h3-8,12-13,16-17,25,31-32,37H,9-11,14-15H2,1-2H3,(H,38,39). The lowest BCUT2D eigenvalue weighted by atomic mass is 10.1. The smallest absolute Gasteiger partial charge is 0.473 e. The highest BCUT2D eigenvalue weighted by molar-refractivity contribution is 7.89. The Kier molecular flexibility index (Phi) is 9.06. The van der Waals surface area contributed by atoms with Crippen molar-refractivity contribution in [2.75, 3.05) is 20.1 Å². The number of rotatable bonds is 11. The second-order valence-corrected chi connectivity index (χ2v) is 12.0. The van der Waals surface area contributed by atoms with Crippen molar-refractivity contribution in [3.63, 3.8) is 0 Å². The summed E-state index contributed by atoms with van der Waals surface area (Å²) < 4.78 is 64.3. The number of hydrogen-bond acceptors (Lipinski definition) is 7. The molecule has 1 aromatic heterocycles. The molecular weight excluding hydrogens is 577 g/mol. The van der Waals surface area contributed by atoms with Crippen LogP contribution in [-0.4, -0.2) is 89.3 Å². The van der Waals surface area contributed by atoms with Gasteiger partial charge in [0.25, 0.3) is 0 Å². The number of aliphatic hydroxyl groups is 1. The van der Waals surface area contributed by atoms with Gasteiger partial charge in [0.2, 0.25) is 10.0 Å². The number of amidine groups is 1. The highest BCUT2D eigenvalue weighted by atomic mass is 32.2. The van der Waals surface area contributed by atoms with E-state index in [2.05, 4.69) is 10.3 Å². The first-order valence-electron chi connectivity index (χ1n) is 13.0. The number of fused-ring (bicyclic) bond motifs is 1. The average molecular weight is 609 g/mol. The first kappa shape index (κ1) is 31.2. The van der Waals surface area contributed by atoms with Crippen LogP contribution in [0.1, 0.15) is 35.0 Å². The van der Waals surface area contributed by atoms with Gasteiger partial charge in [0.05, 0.1) is 11.2 Å². The van der Waals surface area contributed by atoms with Gasteiger partial charge >= 0.3 is 12.3 Å². The zero-order chi connectivity index (χ0) is 30.8. The van der Waals surface area contributed by atoms with E-state index in [0.717, 1.165) is 17.7 Å². The number of nitrogens with one attached hydrogen (secondary N) is 2. The number of nitrogens with zero attached hydrogens (tertiary/aromatic N) is 4. The molecule has 0 radical (unpaired) electrons. The molecule has 2 heterocycles. The minimum Gasteiger partial charge on any atom is -0.477 e. The SMILES string of the molecule is CC(Cc1ccc2c(c1)cc(C(=O)O)n2Cc1ccc(S(=O)(=O)N(C)C(F)(F)F)cc1)NCC(O)N1C=NC(=N)CC1. The molecule has 0 saturated heterocycles. The van der Waals surface area contributed by atoms with Crippen LogP contribution in [0.25, 0.3) is 10.9 Å². The van der Waals surface area contributed by atoms with Gasteiger partial charge in [0.15, 0.2) is 0 Å². The molecule has 0 bridgehead atoms. The van der Waals surface area contributed by atoms with Crippen LogP contribution in [0.15, 0.2) is 58.4 Å². The maximum atomic E-state index is 12.9. The van der Waals surface area contributed by atoms with Gasteiger partial charge in [-0.3, -0.25) is 5.41 Å². The topological polar surface area (TPSA) is 151 Å². The number of alkyl halides is 3. The lowest BCUT2D eigenvalue weighted by molar-refractivity contribution is -0.202. The monoisotopic (exact) mass is 608 g/mol. The van der Waals surface area contributed by atoms with Crippen LogP contribution >= 0.6 is 0 Å². The third kappa shape index (κ3) is 6.98. The lowest BCUT2D eigenvalue weighted by Gasteiger charge is -2.29. The van der Waals surface area contributed by atoms with E-state index in [9.17, 15) is 36.6 Å². The quantitative estimate of drug-likeness (QED) is 0.244. The second-order valence-electron chi connectivity index (χ2n) is 10.1. The summed E-state index contributed by atoms with van der Waals surface area (Å²) in [5.41, 5.74) is 2.05. The first-order valence-corrected chi connectivity index (χ1v) is 14.4. The number of sulfonamides is 1. The van der Waals surface area contributed by atoms with Crippen molar-refractivity contribution in [2.45, 2.75) is 49.8 Å². The zero-order valence-corrected chi connectivity index (χ0v) is 23.7. The number of aliphatic imine (C=N–C) groups is 1. The predicted molar refractivity (Wildman–Crippen MR) is 150 cm³/mol. The Labute approximate surface area is 240 Å². The number of hydrogen-bond donors (Lipinski definition) is 4. The molecule has 1 aliphatic rings. The number of aromatic carboxylic acids is 1. The van der Waals surface area contributed by atoms with E-state index >= 15 is 0 Å². The third-order valence-corrected chi connectivity index (χ3v) is 8.80. The normalized spacial score (nSPS) is 15.9. The van der Waals surface area contributed by atoms with Gasteiger partial charge in [-0.05, 0) is 54.8 Å². The Balaban J connectivity index is 1.47. The summed E-state index contributed by atoms with van der Waals surface area (Å²) in [6, 6.07) is 11.9. The molecule has 0 saturated carbocycles. The summed E-state index contributed by atoms with van der Waals surface area (Å²) in [4.78, 5) is 17.1. The van der Waals surface area contributed by atoms with Crippen LogP contribution in [0.5, 0.6) is 0 Å². The van der Waals surface area contributed by atoms with Crippen molar-refractivity contribution < 1.29 is 36.6 Å². The molecule has 0 aliphatic carbocycles. The number of carbonyl (C=O) groups is 1. The maximum Gasteiger partial charge on any atom is 0.473 e. The number of benzene rings is 2. The highest BCUT2D eigenvalue weighted by Gasteiger charge is 2.43. The fourth-order valence-electron chi connectivity index (χ4n) is 4.62. The van der Waals surface area contributed by atoms with E-state index in [4.69, 9.17) is 5.41 Å². The van der Waals surface area contributed by atoms with Crippen LogP contribution in [0.2, 0.25) is 0 Å². The molecule has 0 spiro atoms. The molecule has 1 aliphatic heterocycles. The van der Waals surface area contributed by atoms with E-state index in [0.29, 0.717) is 42.9 Å². The summed E-state index contributed by atoms with van der Waals surface area (Å²) in [6.45, 7) is 2.81. The van der Waals surface area contributed by atoms with Gasteiger partial charge < -0.3 is 25.0 Å². The lowest BCUT2D eigenvalue weighted by Crippen LogP contribution is -2.46. The van der Waals surface area contributed by atoms with Gasteiger partial charge in [-0.1, -0.05) is 18.2 Å². The third-order valence-electron chi connectivity index (χ3n) is 7.01. The largest absolute Gasteiger partial charge is 0.477 e. The average Bonchev–Trinajstić information content (AvgIpc) is 3.29. The second kappa shape index (κ2) is 12.2. The van der Waals surface area contributed by atoms with E-state index in [1.807, 2.05) is 19.1 Å². The van der Waals surface area contributed by atoms with Crippen LogP contribution < -0.4 is 5.32 Å². The van der Waals surface area contributed by atoms with E-state index in [-0.39, 0.29) is 30.7 Å². The Morgan fingerprint density at radius 3 is 2.43 bits per heavy atom. The summed E-state index contributed by atoms with van der Waals surface area (Å²) >= 11 is 0. The fourth-order valence-corrected chi connectivity index (χ4v) is 5.68. The van der Waals surface area contributed by atoms with E-state index < -0.39 is 37.7 Å². The predicted octanol–water partition coefficient (Wildman–Crippen LogP) is 3.08. The van der Waals surface area contributed by atoms with Crippen molar-refractivity contribution >= 4 is 39.1 Å². The minimum atomic E-state index is -5.07. The maximum absolute atomic E-state index is 12.9. The van der Waals surface area contributed by atoms with Gasteiger partial charge in [0.1, 0.15) is 17.8 Å². The zero-order valence-electron chi connectivity index (χ0n) is 22.8. The molecule has 0 fully saturated rings. The first-order chi connectivity index (χ1) is 19.7. The van der Waals surface area contributed by atoms with Gasteiger partial charge in [-0.25, -0.2) is 18.2 Å². The highest BCUT2D eigenvalue weighted by Crippen LogP contribution is 2.28. The van der Waals surface area contributed by atoms with Crippen LogP contribution in [0.4, 0.5) is 13.2 Å². The van der Waals surface area contributed by atoms with Crippen LogP contribution in [-0.2, 0) is 23.0 Å². The van der Waals surface area contributed by atoms with Crippen molar-refractivity contribution in [3.05, 3.63) is 65.4 Å². The molecule has 0 amide bonds. The van der Waals surface area contributed by atoms with E-state index in [1.54, 1.807) is 15.5 Å². The van der Waals surface area contributed by atoms with E-state index in [1.165, 1.54) is 24.5 Å². The Morgan fingerprint density at radius 1 is 1.17 bits per heavy atom. The number of aliphatic hydroxyl groups excluding tert-OH is 1. The Bertz CT molecular complexity index is 1600. The minimum absolute atomic E-state index is 0.00114. The molecule has 4 N–H and O–H groups in total. The molecule has 15 heteroatoms. The molecule has 2 aromatic carbocycles. The van der Waals surface area contributed by atoms with Crippen molar-refractivity contribution in [2.24, 2.45) is 4.99 Å². The molecule has 2 atom stereocenters. The van der Waals surface area contributed by atoms with Gasteiger partial charge in [-0.15, -0.1) is 4.31 Å². The summed E-state index contributed by atoms with van der Waals surface area (Å²) in [7, 11) is -4.36. The number of halogens is 3.